The largest absolute Gasteiger partial charge is 0.492 e. The van der Waals surface area contributed by atoms with Crippen molar-refractivity contribution >= 4 is 17.7 Å². The first kappa shape index (κ1) is 13.4. The van der Waals surface area contributed by atoms with Crippen LogP contribution in [0, 0.1) is 0 Å². The molecule has 19 heavy (non-hydrogen) atoms. The second kappa shape index (κ2) is 6.80. The van der Waals surface area contributed by atoms with E-state index in [1.54, 1.807) is 42.4 Å². The summed E-state index contributed by atoms with van der Waals surface area (Å²) < 4.78 is 5.50. The zero-order valence-electron chi connectivity index (χ0n) is 10.2. The molecule has 0 aliphatic heterocycles. The van der Waals surface area contributed by atoms with Crippen LogP contribution in [0.25, 0.3) is 0 Å². The number of aromatic nitrogens is 1. The maximum absolute atomic E-state index is 11.0. The van der Waals surface area contributed by atoms with Crippen LogP contribution in [0.3, 0.4) is 0 Å². The summed E-state index contributed by atoms with van der Waals surface area (Å²) in [4.78, 5) is 16.0. The van der Waals surface area contributed by atoms with Gasteiger partial charge in [-0.15, -0.1) is 11.8 Å². The normalized spacial score (nSPS) is 10.1. The Kier molecular flexibility index (Phi) is 4.80. The molecule has 1 aromatic heterocycles. The van der Waals surface area contributed by atoms with E-state index in [1.165, 1.54) is 6.07 Å². The van der Waals surface area contributed by atoms with Gasteiger partial charge in [0, 0.05) is 23.0 Å². The SMILES string of the molecule is O=C(O)c1ccccc1OCCSc1ccncc1. The van der Waals surface area contributed by atoms with Crippen molar-refractivity contribution in [3.8, 4) is 5.75 Å². The van der Waals surface area contributed by atoms with Gasteiger partial charge in [0.2, 0.25) is 0 Å². The second-order valence-corrected chi connectivity index (χ2v) is 4.85. The Bertz CT molecular complexity index is 545. The van der Waals surface area contributed by atoms with Crippen LogP contribution in [0.2, 0.25) is 0 Å². The molecule has 4 nitrogen and oxygen atoms in total. The molecule has 2 aromatic rings. The molecule has 0 saturated heterocycles. The molecular formula is C14H13NO3S. The molecular weight excluding hydrogens is 262 g/mol. The van der Waals surface area contributed by atoms with Crippen molar-refractivity contribution in [2.45, 2.75) is 4.90 Å². The molecule has 0 fully saturated rings. The van der Waals surface area contributed by atoms with E-state index < -0.39 is 5.97 Å². The van der Waals surface area contributed by atoms with Crippen LogP contribution in [0.1, 0.15) is 10.4 Å². The van der Waals surface area contributed by atoms with Gasteiger partial charge in [-0.1, -0.05) is 12.1 Å². The number of nitrogens with zero attached hydrogens (tertiary/aromatic N) is 1. The fourth-order valence-corrected chi connectivity index (χ4v) is 2.23. The van der Waals surface area contributed by atoms with E-state index in [4.69, 9.17) is 9.84 Å². The third-order valence-electron chi connectivity index (χ3n) is 2.38. The number of aromatic carboxylic acids is 1. The summed E-state index contributed by atoms with van der Waals surface area (Å²) in [5.74, 6) is 0.181. The molecule has 1 N–H and O–H groups in total. The predicted molar refractivity (Wildman–Crippen MR) is 73.9 cm³/mol. The van der Waals surface area contributed by atoms with Crippen LogP contribution < -0.4 is 4.74 Å². The first-order valence-electron chi connectivity index (χ1n) is 5.75. The van der Waals surface area contributed by atoms with Gasteiger partial charge in [0.05, 0.1) is 6.61 Å². The number of thioether (sulfide) groups is 1. The van der Waals surface area contributed by atoms with Gasteiger partial charge in [-0.05, 0) is 24.3 Å². The summed E-state index contributed by atoms with van der Waals surface area (Å²) in [5, 5.41) is 9.01. The Morgan fingerprint density at radius 3 is 2.68 bits per heavy atom. The van der Waals surface area contributed by atoms with Gasteiger partial charge >= 0.3 is 5.97 Å². The molecule has 0 saturated carbocycles. The zero-order valence-corrected chi connectivity index (χ0v) is 11.0. The average molecular weight is 275 g/mol. The van der Waals surface area contributed by atoms with E-state index in [-0.39, 0.29) is 5.56 Å². The van der Waals surface area contributed by atoms with Crippen LogP contribution in [0.15, 0.2) is 53.7 Å². The third kappa shape index (κ3) is 3.99. The van der Waals surface area contributed by atoms with Gasteiger partial charge in [0.15, 0.2) is 0 Å². The highest BCUT2D eigenvalue weighted by Crippen LogP contribution is 2.20. The fraction of sp³-hybridized carbons (Fsp3) is 0.143. The zero-order chi connectivity index (χ0) is 13.5. The summed E-state index contributed by atoms with van der Waals surface area (Å²) in [6.07, 6.45) is 3.48. The van der Waals surface area contributed by atoms with E-state index in [2.05, 4.69) is 4.98 Å². The second-order valence-electron chi connectivity index (χ2n) is 3.68. The summed E-state index contributed by atoms with van der Waals surface area (Å²) in [5.41, 5.74) is 0.191. The highest BCUT2D eigenvalue weighted by Gasteiger charge is 2.09. The van der Waals surface area contributed by atoms with E-state index in [1.807, 2.05) is 12.1 Å². The van der Waals surface area contributed by atoms with Gasteiger partial charge in [-0.25, -0.2) is 4.79 Å². The Balaban J connectivity index is 1.85. The molecule has 1 aromatic carbocycles. The molecule has 0 unspecified atom stereocenters. The molecule has 0 radical (unpaired) electrons. The first-order chi connectivity index (χ1) is 9.27. The average Bonchev–Trinajstić information content (AvgIpc) is 2.45. The first-order valence-corrected chi connectivity index (χ1v) is 6.74. The van der Waals surface area contributed by atoms with Crippen molar-refractivity contribution in [1.82, 2.24) is 4.98 Å². The molecule has 0 bridgehead atoms. The molecule has 98 valence electrons. The molecule has 0 atom stereocenters. The number of ether oxygens (including phenoxy) is 1. The number of pyridine rings is 1. The Morgan fingerprint density at radius 1 is 1.21 bits per heavy atom. The van der Waals surface area contributed by atoms with Crippen LogP contribution in [-0.4, -0.2) is 28.4 Å². The summed E-state index contributed by atoms with van der Waals surface area (Å²) in [7, 11) is 0. The molecule has 0 amide bonds. The van der Waals surface area contributed by atoms with E-state index in [0.29, 0.717) is 12.4 Å². The number of para-hydroxylation sites is 1. The van der Waals surface area contributed by atoms with E-state index >= 15 is 0 Å². The number of benzene rings is 1. The lowest BCUT2D eigenvalue weighted by Gasteiger charge is -2.08. The maximum atomic E-state index is 11.0. The fourth-order valence-electron chi connectivity index (χ4n) is 1.51. The third-order valence-corrected chi connectivity index (χ3v) is 3.35. The minimum atomic E-state index is -0.975. The highest BCUT2D eigenvalue weighted by molar-refractivity contribution is 7.99. The Hall–Kier alpha value is -2.01. The monoisotopic (exact) mass is 275 g/mol. The molecule has 0 aliphatic rings. The molecule has 0 aliphatic carbocycles. The number of hydrogen-bond acceptors (Lipinski definition) is 4. The lowest BCUT2D eigenvalue weighted by Crippen LogP contribution is -2.05. The van der Waals surface area contributed by atoms with Crippen molar-refractivity contribution in [2.75, 3.05) is 12.4 Å². The Morgan fingerprint density at radius 2 is 1.95 bits per heavy atom. The topological polar surface area (TPSA) is 59.4 Å². The maximum Gasteiger partial charge on any atom is 0.339 e. The van der Waals surface area contributed by atoms with Crippen molar-refractivity contribution in [3.63, 3.8) is 0 Å². The van der Waals surface area contributed by atoms with Crippen LogP contribution >= 0.6 is 11.8 Å². The van der Waals surface area contributed by atoms with Crippen molar-refractivity contribution in [2.24, 2.45) is 0 Å². The lowest BCUT2D eigenvalue weighted by molar-refractivity contribution is 0.0692. The Labute approximate surface area is 115 Å². The van der Waals surface area contributed by atoms with Crippen molar-refractivity contribution in [1.29, 1.82) is 0 Å². The number of carboxylic acids is 1. The molecule has 2 rings (SSSR count). The summed E-state index contributed by atoms with van der Waals surface area (Å²) >= 11 is 1.64. The van der Waals surface area contributed by atoms with Crippen molar-refractivity contribution < 1.29 is 14.6 Å². The minimum absolute atomic E-state index is 0.191. The van der Waals surface area contributed by atoms with Gasteiger partial charge in [-0.3, -0.25) is 4.98 Å². The molecule has 5 heteroatoms. The summed E-state index contributed by atoms with van der Waals surface area (Å²) in [6.45, 7) is 0.456. The van der Waals surface area contributed by atoms with Crippen LogP contribution in [0.4, 0.5) is 0 Å². The smallest absolute Gasteiger partial charge is 0.339 e. The van der Waals surface area contributed by atoms with Crippen LogP contribution in [0.5, 0.6) is 5.75 Å². The van der Waals surface area contributed by atoms with Gasteiger partial charge in [0.1, 0.15) is 11.3 Å². The van der Waals surface area contributed by atoms with Gasteiger partial charge in [0.25, 0.3) is 0 Å². The molecule has 1 heterocycles. The van der Waals surface area contributed by atoms with Gasteiger partial charge in [-0.2, -0.15) is 0 Å². The lowest BCUT2D eigenvalue weighted by atomic mass is 10.2. The number of carboxylic acid groups (broad SMARTS) is 1. The van der Waals surface area contributed by atoms with E-state index in [0.717, 1.165) is 10.6 Å². The number of hydrogen-bond donors (Lipinski definition) is 1. The standard InChI is InChI=1S/C14H13NO3S/c16-14(17)12-3-1-2-4-13(12)18-9-10-19-11-5-7-15-8-6-11/h1-8H,9-10H2,(H,16,17). The number of carbonyl (C=O) groups is 1. The summed E-state index contributed by atoms with van der Waals surface area (Å²) in [6, 6.07) is 10.5. The minimum Gasteiger partial charge on any atom is -0.492 e. The van der Waals surface area contributed by atoms with Crippen molar-refractivity contribution in [3.05, 3.63) is 54.4 Å². The predicted octanol–water partition coefficient (Wildman–Crippen LogP) is 2.95. The van der Waals surface area contributed by atoms with E-state index in [9.17, 15) is 4.79 Å². The number of rotatable bonds is 6. The van der Waals surface area contributed by atoms with Crippen LogP contribution in [-0.2, 0) is 0 Å². The van der Waals surface area contributed by atoms with Gasteiger partial charge < -0.3 is 9.84 Å². The quantitative estimate of drug-likeness (QED) is 0.648. The highest BCUT2D eigenvalue weighted by atomic mass is 32.2. The molecule has 0 spiro atoms.